The molecule has 0 bridgehead atoms. The molecule has 0 atom stereocenters. The Balaban J connectivity index is 1.76. The molecule has 1 saturated heterocycles. The SMILES string of the molecule is CC1(CN)CCN(c2ncc(Sc3cccc(N)c3Cl)[nH]c2=O)CC1. The van der Waals surface area contributed by atoms with Crippen molar-refractivity contribution >= 4 is 34.9 Å². The average Bonchev–Trinajstić information content (AvgIpc) is 2.60. The third-order valence-corrected chi connectivity index (χ3v) is 6.24. The second-order valence-corrected chi connectivity index (χ2v) is 8.13. The smallest absolute Gasteiger partial charge is 0.291 e. The first-order valence-corrected chi connectivity index (χ1v) is 9.37. The van der Waals surface area contributed by atoms with Crippen LogP contribution in [0.15, 0.2) is 39.1 Å². The Hall–Kier alpha value is -1.70. The minimum atomic E-state index is -0.193. The van der Waals surface area contributed by atoms with Gasteiger partial charge in [0.15, 0.2) is 5.82 Å². The molecular formula is C17H22ClN5OS. The number of nitrogen functional groups attached to an aromatic ring is 1. The average molecular weight is 380 g/mol. The lowest BCUT2D eigenvalue weighted by Crippen LogP contribution is -2.44. The van der Waals surface area contributed by atoms with Crippen molar-refractivity contribution in [2.24, 2.45) is 11.1 Å². The molecule has 2 aromatic rings. The van der Waals surface area contributed by atoms with Gasteiger partial charge in [-0.3, -0.25) is 4.79 Å². The first-order valence-electron chi connectivity index (χ1n) is 8.18. The van der Waals surface area contributed by atoms with E-state index < -0.39 is 0 Å². The van der Waals surface area contributed by atoms with Gasteiger partial charge in [-0.2, -0.15) is 0 Å². The van der Waals surface area contributed by atoms with Crippen molar-refractivity contribution < 1.29 is 0 Å². The van der Waals surface area contributed by atoms with Crippen LogP contribution in [0.2, 0.25) is 5.02 Å². The Morgan fingerprint density at radius 2 is 2.12 bits per heavy atom. The molecule has 1 aromatic carbocycles. The second-order valence-electron chi connectivity index (χ2n) is 6.66. The zero-order valence-electron chi connectivity index (χ0n) is 14.1. The molecule has 8 heteroatoms. The number of nitrogens with two attached hydrogens (primary N) is 2. The Kier molecular flexibility index (Phi) is 5.27. The van der Waals surface area contributed by atoms with E-state index in [0.717, 1.165) is 30.8 Å². The topological polar surface area (TPSA) is 101 Å². The van der Waals surface area contributed by atoms with Crippen LogP contribution in [0.25, 0.3) is 0 Å². The van der Waals surface area contributed by atoms with Crippen LogP contribution in [-0.2, 0) is 0 Å². The lowest BCUT2D eigenvalue weighted by atomic mass is 9.80. The molecule has 0 amide bonds. The lowest BCUT2D eigenvalue weighted by molar-refractivity contribution is 0.257. The molecule has 2 heterocycles. The highest BCUT2D eigenvalue weighted by Gasteiger charge is 2.30. The molecule has 0 unspecified atom stereocenters. The minimum absolute atomic E-state index is 0.156. The van der Waals surface area contributed by atoms with Crippen molar-refractivity contribution in [1.82, 2.24) is 9.97 Å². The molecule has 1 aliphatic heterocycles. The highest BCUT2D eigenvalue weighted by molar-refractivity contribution is 7.99. The molecule has 134 valence electrons. The molecule has 0 aliphatic carbocycles. The van der Waals surface area contributed by atoms with E-state index >= 15 is 0 Å². The zero-order chi connectivity index (χ0) is 18.0. The number of benzene rings is 1. The number of anilines is 2. The van der Waals surface area contributed by atoms with E-state index in [-0.39, 0.29) is 11.0 Å². The normalized spacial score (nSPS) is 16.8. The largest absolute Gasteiger partial charge is 0.397 e. The fourth-order valence-corrected chi connectivity index (χ4v) is 3.92. The van der Waals surface area contributed by atoms with Gasteiger partial charge in [0, 0.05) is 18.0 Å². The number of hydrogen-bond donors (Lipinski definition) is 3. The maximum absolute atomic E-state index is 12.5. The molecule has 1 aromatic heterocycles. The Morgan fingerprint density at radius 3 is 2.76 bits per heavy atom. The van der Waals surface area contributed by atoms with Crippen LogP contribution < -0.4 is 21.9 Å². The summed E-state index contributed by atoms with van der Waals surface area (Å²) in [5.41, 5.74) is 12.1. The van der Waals surface area contributed by atoms with Crippen molar-refractivity contribution in [2.75, 3.05) is 30.3 Å². The molecule has 0 spiro atoms. The zero-order valence-corrected chi connectivity index (χ0v) is 15.7. The molecule has 3 rings (SSSR count). The third kappa shape index (κ3) is 3.94. The molecule has 6 nitrogen and oxygen atoms in total. The van der Waals surface area contributed by atoms with Gasteiger partial charge < -0.3 is 21.4 Å². The first-order chi connectivity index (χ1) is 11.9. The summed E-state index contributed by atoms with van der Waals surface area (Å²) in [5, 5.41) is 1.11. The van der Waals surface area contributed by atoms with Crippen molar-refractivity contribution in [3.05, 3.63) is 39.8 Å². The third-order valence-electron chi connectivity index (χ3n) is 4.72. The Labute approximate surface area is 156 Å². The van der Waals surface area contributed by atoms with Crippen molar-refractivity contribution in [1.29, 1.82) is 0 Å². The van der Waals surface area contributed by atoms with Gasteiger partial charge in [-0.25, -0.2) is 4.98 Å². The van der Waals surface area contributed by atoms with E-state index in [9.17, 15) is 4.79 Å². The highest BCUT2D eigenvalue weighted by atomic mass is 35.5. The van der Waals surface area contributed by atoms with E-state index in [2.05, 4.69) is 16.9 Å². The number of aromatic nitrogens is 2. The number of nitrogens with zero attached hydrogens (tertiary/aromatic N) is 2. The predicted molar refractivity (Wildman–Crippen MR) is 103 cm³/mol. The number of nitrogens with one attached hydrogen (secondary N) is 1. The van der Waals surface area contributed by atoms with Crippen LogP contribution in [-0.4, -0.2) is 29.6 Å². The van der Waals surface area contributed by atoms with Gasteiger partial charge in [-0.05, 0) is 36.9 Å². The van der Waals surface area contributed by atoms with E-state index in [1.54, 1.807) is 12.3 Å². The van der Waals surface area contributed by atoms with Crippen LogP contribution in [0.1, 0.15) is 19.8 Å². The van der Waals surface area contributed by atoms with E-state index in [1.165, 1.54) is 11.8 Å². The molecule has 0 radical (unpaired) electrons. The van der Waals surface area contributed by atoms with Crippen LogP contribution in [0.5, 0.6) is 0 Å². The van der Waals surface area contributed by atoms with Crippen LogP contribution in [0.4, 0.5) is 11.5 Å². The van der Waals surface area contributed by atoms with Crippen molar-refractivity contribution in [2.45, 2.75) is 29.7 Å². The summed E-state index contributed by atoms with van der Waals surface area (Å²) < 4.78 is 0. The van der Waals surface area contributed by atoms with Gasteiger partial charge in [0.2, 0.25) is 0 Å². The van der Waals surface area contributed by atoms with E-state index in [0.29, 0.717) is 28.1 Å². The van der Waals surface area contributed by atoms with Crippen LogP contribution in [0.3, 0.4) is 0 Å². The molecule has 0 saturated carbocycles. The summed E-state index contributed by atoms with van der Waals surface area (Å²) in [6.07, 6.45) is 3.58. The Morgan fingerprint density at radius 1 is 1.40 bits per heavy atom. The van der Waals surface area contributed by atoms with Gasteiger partial charge in [0.25, 0.3) is 5.56 Å². The summed E-state index contributed by atoms with van der Waals surface area (Å²) in [6.45, 7) is 4.44. The molecule has 1 fully saturated rings. The van der Waals surface area contributed by atoms with Crippen LogP contribution in [0, 0.1) is 5.41 Å². The summed E-state index contributed by atoms with van der Waals surface area (Å²) in [4.78, 5) is 22.5. The maximum Gasteiger partial charge on any atom is 0.291 e. The van der Waals surface area contributed by atoms with Gasteiger partial charge >= 0.3 is 0 Å². The fraction of sp³-hybridized carbons (Fsp3) is 0.412. The number of H-pyrrole nitrogens is 1. The number of piperidine rings is 1. The van der Waals surface area contributed by atoms with Crippen LogP contribution >= 0.6 is 23.4 Å². The summed E-state index contributed by atoms with van der Waals surface area (Å²) in [5.74, 6) is 0.460. The quantitative estimate of drug-likeness (QED) is 0.706. The standard InChI is InChI=1S/C17H22ClN5OS/c1-17(10-19)5-7-23(8-6-17)15-16(24)22-13(9-21-15)25-12-4-2-3-11(20)14(12)18/h2-4,9H,5-8,10,19-20H2,1H3,(H,22,24). The highest BCUT2D eigenvalue weighted by Crippen LogP contribution is 2.35. The minimum Gasteiger partial charge on any atom is -0.397 e. The molecule has 25 heavy (non-hydrogen) atoms. The maximum atomic E-state index is 12.5. The van der Waals surface area contributed by atoms with Gasteiger partial charge in [-0.1, -0.05) is 36.4 Å². The molecule has 1 aliphatic rings. The summed E-state index contributed by atoms with van der Waals surface area (Å²) in [6, 6.07) is 5.42. The van der Waals surface area contributed by atoms with Gasteiger partial charge in [0.1, 0.15) is 0 Å². The fourth-order valence-electron chi connectivity index (χ4n) is 2.84. The summed E-state index contributed by atoms with van der Waals surface area (Å²) >= 11 is 7.54. The monoisotopic (exact) mass is 379 g/mol. The number of rotatable bonds is 4. The van der Waals surface area contributed by atoms with E-state index in [4.69, 9.17) is 23.1 Å². The lowest BCUT2D eigenvalue weighted by Gasteiger charge is -2.38. The number of hydrogen-bond acceptors (Lipinski definition) is 6. The number of aromatic amines is 1. The van der Waals surface area contributed by atoms with Crippen molar-refractivity contribution in [3.8, 4) is 0 Å². The van der Waals surface area contributed by atoms with Gasteiger partial charge in [-0.15, -0.1) is 0 Å². The summed E-state index contributed by atoms with van der Waals surface area (Å²) in [7, 11) is 0. The first kappa shape index (κ1) is 18.1. The van der Waals surface area contributed by atoms with Crippen molar-refractivity contribution in [3.63, 3.8) is 0 Å². The Bertz CT molecular complexity index is 817. The second kappa shape index (κ2) is 7.27. The van der Waals surface area contributed by atoms with E-state index in [1.807, 2.05) is 17.0 Å². The number of halogens is 1. The molecule has 5 N–H and O–H groups in total. The van der Waals surface area contributed by atoms with Gasteiger partial charge in [0.05, 0.1) is 21.9 Å². The predicted octanol–water partition coefficient (Wildman–Crippen LogP) is 2.72. The molecular weight excluding hydrogens is 358 g/mol.